The zero-order chi connectivity index (χ0) is 16.9. The molecule has 0 bridgehead atoms. The third-order valence-electron chi connectivity index (χ3n) is 5.06. The van der Waals surface area contributed by atoms with Gasteiger partial charge in [0.15, 0.2) is 0 Å². The minimum absolute atomic E-state index is 0.0506. The second kappa shape index (κ2) is 7.79. The molecule has 1 aromatic carbocycles. The van der Waals surface area contributed by atoms with Gasteiger partial charge in [-0.05, 0) is 37.0 Å². The first-order valence-corrected chi connectivity index (χ1v) is 8.93. The Morgan fingerprint density at radius 1 is 1.00 bits per heavy atom. The summed E-state index contributed by atoms with van der Waals surface area (Å²) in [5.74, 6) is 0.363. The van der Waals surface area contributed by atoms with Crippen LogP contribution in [0.25, 0.3) is 0 Å². The average Bonchev–Trinajstić information content (AvgIpc) is 2.68. The van der Waals surface area contributed by atoms with Gasteiger partial charge in [-0.2, -0.15) is 0 Å². The molecule has 2 amide bonds. The van der Waals surface area contributed by atoms with Crippen LogP contribution in [0.3, 0.4) is 0 Å². The number of aryl methyl sites for hydroxylation is 1. The Morgan fingerprint density at radius 3 is 2.21 bits per heavy atom. The largest absolute Gasteiger partial charge is 0.378 e. The molecule has 130 valence electrons. The number of morpholine rings is 1. The molecule has 1 aromatic rings. The van der Waals surface area contributed by atoms with Gasteiger partial charge in [-0.1, -0.05) is 19.1 Å². The summed E-state index contributed by atoms with van der Waals surface area (Å²) in [6.07, 6.45) is 2.49. The lowest BCUT2D eigenvalue weighted by Crippen LogP contribution is -2.47. The van der Waals surface area contributed by atoms with Crippen LogP contribution >= 0.6 is 0 Å². The number of carbonyl (C=O) groups excluding carboxylic acids is 2. The number of likely N-dealkylation sites (tertiary alicyclic amines) is 1. The molecule has 5 heteroatoms. The maximum atomic E-state index is 12.6. The number of ether oxygens (including phenoxy) is 1. The van der Waals surface area contributed by atoms with E-state index in [0.29, 0.717) is 39.4 Å². The highest BCUT2D eigenvalue weighted by atomic mass is 16.5. The van der Waals surface area contributed by atoms with E-state index in [1.54, 1.807) is 0 Å². The van der Waals surface area contributed by atoms with E-state index in [4.69, 9.17) is 4.74 Å². The Balaban J connectivity index is 1.54. The highest BCUT2D eigenvalue weighted by molar-refractivity contribution is 5.94. The van der Waals surface area contributed by atoms with Crippen LogP contribution in [-0.2, 0) is 16.0 Å². The van der Waals surface area contributed by atoms with Gasteiger partial charge in [0.05, 0.1) is 13.2 Å². The smallest absolute Gasteiger partial charge is 0.253 e. The summed E-state index contributed by atoms with van der Waals surface area (Å²) in [7, 11) is 0. The molecule has 0 atom stereocenters. The molecule has 0 aromatic heterocycles. The lowest BCUT2D eigenvalue weighted by molar-refractivity contribution is -0.141. The Labute approximate surface area is 143 Å². The van der Waals surface area contributed by atoms with E-state index >= 15 is 0 Å². The Kier molecular flexibility index (Phi) is 5.51. The average molecular weight is 330 g/mol. The molecule has 5 nitrogen and oxygen atoms in total. The van der Waals surface area contributed by atoms with E-state index in [9.17, 15) is 9.59 Å². The normalized spacial score (nSPS) is 19.4. The zero-order valence-electron chi connectivity index (χ0n) is 14.4. The van der Waals surface area contributed by atoms with Crippen molar-refractivity contribution in [2.45, 2.75) is 26.2 Å². The SMILES string of the molecule is CCc1ccc(C(=O)N2CCC(C(=O)N3CCOCC3)CC2)cc1. The fourth-order valence-corrected chi connectivity index (χ4v) is 3.44. The van der Waals surface area contributed by atoms with Crippen LogP contribution in [0.2, 0.25) is 0 Å². The van der Waals surface area contributed by atoms with Crippen molar-refractivity contribution in [2.24, 2.45) is 5.92 Å². The first-order chi connectivity index (χ1) is 11.7. The molecule has 0 radical (unpaired) electrons. The predicted molar refractivity (Wildman–Crippen MR) is 91.8 cm³/mol. The summed E-state index contributed by atoms with van der Waals surface area (Å²) in [5.41, 5.74) is 1.98. The minimum Gasteiger partial charge on any atom is -0.378 e. The highest BCUT2D eigenvalue weighted by Gasteiger charge is 2.31. The summed E-state index contributed by atoms with van der Waals surface area (Å²) in [5, 5.41) is 0. The van der Waals surface area contributed by atoms with Crippen molar-refractivity contribution in [3.05, 3.63) is 35.4 Å². The van der Waals surface area contributed by atoms with E-state index < -0.39 is 0 Å². The molecule has 0 aliphatic carbocycles. The van der Waals surface area contributed by atoms with Crippen molar-refractivity contribution in [2.75, 3.05) is 39.4 Å². The van der Waals surface area contributed by atoms with Crippen molar-refractivity contribution in [3.8, 4) is 0 Å². The maximum absolute atomic E-state index is 12.6. The highest BCUT2D eigenvalue weighted by Crippen LogP contribution is 2.22. The van der Waals surface area contributed by atoms with E-state index in [-0.39, 0.29) is 17.7 Å². The number of benzene rings is 1. The molecule has 0 spiro atoms. The van der Waals surface area contributed by atoms with Gasteiger partial charge in [-0.3, -0.25) is 9.59 Å². The van der Waals surface area contributed by atoms with Crippen molar-refractivity contribution in [1.29, 1.82) is 0 Å². The first-order valence-electron chi connectivity index (χ1n) is 8.93. The van der Waals surface area contributed by atoms with Crippen LogP contribution < -0.4 is 0 Å². The second-order valence-corrected chi connectivity index (χ2v) is 6.55. The number of piperidine rings is 1. The quantitative estimate of drug-likeness (QED) is 0.851. The summed E-state index contributed by atoms with van der Waals surface area (Å²) >= 11 is 0. The molecule has 2 fully saturated rings. The molecule has 2 aliphatic rings. The molecule has 24 heavy (non-hydrogen) atoms. The molecule has 0 N–H and O–H groups in total. The van der Waals surface area contributed by atoms with E-state index in [0.717, 1.165) is 24.8 Å². The standard InChI is InChI=1S/C19H26N2O3/c1-2-15-3-5-16(6-4-15)18(22)20-9-7-17(8-10-20)19(23)21-11-13-24-14-12-21/h3-6,17H,2,7-14H2,1H3. The molecular weight excluding hydrogens is 304 g/mol. The fourth-order valence-electron chi connectivity index (χ4n) is 3.44. The number of carbonyl (C=O) groups is 2. The fraction of sp³-hybridized carbons (Fsp3) is 0.579. The molecule has 2 heterocycles. The van der Waals surface area contributed by atoms with Gasteiger partial charge in [-0.25, -0.2) is 0 Å². The van der Waals surface area contributed by atoms with E-state index in [1.807, 2.05) is 34.1 Å². The van der Waals surface area contributed by atoms with Crippen molar-refractivity contribution < 1.29 is 14.3 Å². The van der Waals surface area contributed by atoms with Gasteiger partial charge in [0.2, 0.25) is 5.91 Å². The minimum atomic E-state index is 0.0506. The number of hydrogen-bond acceptors (Lipinski definition) is 3. The molecular formula is C19H26N2O3. The number of hydrogen-bond donors (Lipinski definition) is 0. The second-order valence-electron chi connectivity index (χ2n) is 6.55. The molecule has 2 saturated heterocycles. The lowest BCUT2D eigenvalue weighted by atomic mass is 9.94. The third kappa shape index (κ3) is 3.78. The number of nitrogens with zero attached hydrogens (tertiary/aromatic N) is 2. The Bertz CT molecular complexity index is 571. The van der Waals surface area contributed by atoms with E-state index in [2.05, 4.69) is 6.92 Å². The molecule has 0 unspecified atom stereocenters. The van der Waals surface area contributed by atoms with Crippen LogP contribution in [0.15, 0.2) is 24.3 Å². The van der Waals surface area contributed by atoms with Crippen LogP contribution in [-0.4, -0.2) is 61.0 Å². The van der Waals surface area contributed by atoms with Gasteiger partial charge >= 0.3 is 0 Å². The Hall–Kier alpha value is -1.88. The van der Waals surface area contributed by atoms with Gasteiger partial charge in [0, 0.05) is 37.7 Å². The number of amides is 2. The Morgan fingerprint density at radius 2 is 1.62 bits per heavy atom. The molecule has 3 rings (SSSR count). The van der Waals surface area contributed by atoms with Gasteiger partial charge < -0.3 is 14.5 Å². The van der Waals surface area contributed by atoms with Crippen molar-refractivity contribution in [3.63, 3.8) is 0 Å². The van der Waals surface area contributed by atoms with Crippen LogP contribution in [0.5, 0.6) is 0 Å². The summed E-state index contributed by atoms with van der Waals surface area (Å²) in [6.45, 7) is 6.09. The lowest BCUT2D eigenvalue weighted by Gasteiger charge is -2.35. The van der Waals surface area contributed by atoms with Crippen LogP contribution in [0.4, 0.5) is 0 Å². The third-order valence-corrected chi connectivity index (χ3v) is 5.06. The van der Waals surface area contributed by atoms with E-state index in [1.165, 1.54) is 5.56 Å². The van der Waals surface area contributed by atoms with Crippen molar-refractivity contribution >= 4 is 11.8 Å². The monoisotopic (exact) mass is 330 g/mol. The first kappa shape index (κ1) is 17.0. The molecule has 2 aliphatic heterocycles. The summed E-state index contributed by atoms with van der Waals surface area (Å²) in [6, 6.07) is 7.85. The van der Waals surface area contributed by atoms with Crippen LogP contribution in [0, 0.1) is 5.92 Å². The maximum Gasteiger partial charge on any atom is 0.253 e. The van der Waals surface area contributed by atoms with Gasteiger partial charge in [0.1, 0.15) is 0 Å². The van der Waals surface area contributed by atoms with Gasteiger partial charge in [-0.15, -0.1) is 0 Å². The van der Waals surface area contributed by atoms with Crippen LogP contribution in [0.1, 0.15) is 35.7 Å². The summed E-state index contributed by atoms with van der Waals surface area (Å²) in [4.78, 5) is 28.9. The van der Waals surface area contributed by atoms with Crippen molar-refractivity contribution in [1.82, 2.24) is 9.80 Å². The summed E-state index contributed by atoms with van der Waals surface area (Å²) < 4.78 is 5.30. The number of rotatable bonds is 3. The predicted octanol–water partition coefficient (Wildman–Crippen LogP) is 1.96. The topological polar surface area (TPSA) is 49.9 Å². The zero-order valence-corrected chi connectivity index (χ0v) is 14.4. The molecule has 0 saturated carbocycles. The van der Waals surface area contributed by atoms with Gasteiger partial charge in [0.25, 0.3) is 5.91 Å².